The molecule has 0 aliphatic rings. The molecule has 0 saturated carbocycles. The first-order valence-electron chi connectivity index (χ1n) is 14.5. The van der Waals surface area contributed by atoms with Gasteiger partial charge in [0.15, 0.2) is 0 Å². The molecule has 0 heterocycles. The van der Waals surface area contributed by atoms with Crippen molar-refractivity contribution in [1.29, 1.82) is 0 Å². The molecule has 0 bridgehead atoms. The summed E-state index contributed by atoms with van der Waals surface area (Å²) in [7, 11) is -2.79. The molecular weight excluding hydrogens is 593 g/mol. The Morgan fingerprint density at radius 3 is 2.00 bits per heavy atom. The molecule has 0 fully saturated rings. The second kappa shape index (κ2) is 14.4. The third kappa shape index (κ3) is 8.69. The number of hydrogen-bond acceptors (Lipinski definition) is 5. The Morgan fingerprint density at radius 2 is 1.42 bits per heavy atom. The number of benzene rings is 4. The van der Waals surface area contributed by atoms with Crippen LogP contribution in [-0.2, 0) is 32.6 Å². The number of carbonyl (C=O) groups is 2. The molecule has 0 saturated heterocycles. The lowest BCUT2D eigenvalue weighted by Crippen LogP contribution is -2.56. The minimum absolute atomic E-state index is 0.0491. The summed E-state index contributed by atoms with van der Waals surface area (Å²) in [6.07, 6.45) is 0.125. The fourth-order valence-corrected chi connectivity index (χ4v) is 6.23. The highest BCUT2D eigenvalue weighted by Crippen LogP contribution is 2.26. The Kier molecular flexibility index (Phi) is 10.6. The zero-order valence-corrected chi connectivity index (χ0v) is 26.6. The van der Waals surface area contributed by atoms with Gasteiger partial charge in [-0.3, -0.25) is 13.9 Å². The molecular formula is C35H38FN3O5S. The van der Waals surface area contributed by atoms with E-state index >= 15 is 4.39 Å². The van der Waals surface area contributed by atoms with Crippen LogP contribution in [0.4, 0.5) is 10.1 Å². The van der Waals surface area contributed by atoms with Gasteiger partial charge in [0.05, 0.1) is 17.7 Å². The van der Waals surface area contributed by atoms with Gasteiger partial charge in [-0.05, 0) is 68.8 Å². The predicted octanol–water partition coefficient (Wildman–Crippen LogP) is 5.58. The van der Waals surface area contributed by atoms with Gasteiger partial charge in [-0.25, -0.2) is 12.8 Å². The van der Waals surface area contributed by atoms with Crippen molar-refractivity contribution in [2.45, 2.75) is 50.2 Å². The average Bonchev–Trinajstić information content (AvgIpc) is 3.02. The van der Waals surface area contributed by atoms with E-state index in [1.54, 1.807) is 42.5 Å². The van der Waals surface area contributed by atoms with E-state index in [2.05, 4.69) is 5.32 Å². The van der Waals surface area contributed by atoms with Gasteiger partial charge in [0.1, 0.15) is 24.2 Å². The molecule has 45 heavy (non-hydrogen) atoms. The highest BCUT2D eigenvalue weighted by atomic mass is 32.2. The maximum atomic E-state index is 15.0. The van der Waals surface area contributed by atoms with Crippen LogP contribution in [-0.4, -0.2) is 50.4 Å². The molecule has 4 rings (SSSR count). The van der Waals surface area contributed by atoms with Crippen LogP contribution in [0.3, 0.4) is 0 Å². The van der Waals surface area contributed by atoms with Crippen LogP contribution in [0.1, 0.15) is 31.9 Å². The lowest BCUT2D eigenvalue weighted by Gasteiger charge is -2.35. The molecule has 0 radical (unpaired) electrons. The number of rotatable bonds is 12. The van der Waals surface area contributed by atoms with Crippen molar-refractivity contribution in [1.82, 2.24) is 10.2 Å². The number of nitrogens with zero attached hydrogens (tertiary/aromatic N) is 2. The van der Waals surface area contributed by atoms with Gasteiger partial charge in [-0.1, -0.05) is 66.7 Å². The predicted molar refractivity (Wildman–Crippen MR) is 173 cm³/mol. The lowest BCUT2D eigenvalue weighted by molar-refractivity contribution is -0.140. The molecule has 0 aliphatic carbocycles. The number of ether oxygens (including phenoxy) is 1. The third-order valence-corrected chi connectivity index (χ3v) is 8.83. The second-order valence-electron chi connectivity index (χ2n) is 11.6. The SMILES string of the molecule is COc1ccc(S(=O)(=O)N(CC(=O)N(Cc2ccccc2F)[C@H](Cc2ccccc2)C(=O)NC(C)(C)C)c2ccccc2)cc1. The van der Waals surface area contributed by atoms with Crippen LogP contribution in [0.25, 0.3) is 0 Å². The lowest BCUT2D eigenvalue weighted by atomic mass is 10.0. The maximum absolute atomic E-state index is 15.0. The molecule has 2 amide bonds. The summed E-state index contributed by atoms with van der Waals surface area (Å²) in [4.78, 5) is 29.5. The van der Waals surface area contributed by atoms with Crippen molar-refractivity contribution in [3.05, 3.63) is 126 Å². The van der Waals surface area contributed by atoms with Crippen molar-refractivity contribution < 1.29 is 27.1 Å². The Hall–Kier alpha value is -4.70. The average molecular weight is 632 g/mol. The Balaban J connectivity index is 1.81. The van der Waals surface area contributed by atoms with E-state index < -0.39 is 45.8 Å². The quantitative estimate of drug-likeness (QED) is 0.220. The number of methoxy groups -OCH3 is 1. The Bertz CT molecular complexity index is 1690. The summed E-state index contributed by atoms with van der Waals surface area (Å²) in [6.45, 7) is 4.58. The van der Waals surface area contributed by atoms with Crippen molar-refractivity contribution in [3.63, 3.8) is 0 Å². The van der Waals surface area contributed by atoms with E-state index in [9.17, 15) is 18.0 Å². The molecule has 4 aromatic rings. The fourth-order valence-electron chi connectivity index (χ4n) is 4.81. The number of anilines is 1. The number of nitrogens with one attached hydrogen (secondary N) is 1. The highest BCUT2D eigenvalue weighted by Gasteiger charge is 2.36. The fraction of sp³-hybridized carbons (Fsp3) is 0.257. The van der Waals surface area contributed by atoms with Crippen molar-refractivity contribution in [2.75, 3.05) is 18.0 Å². The number of sulfonamides is 1. The summed E-state index contributed by atoms with van der Waals surface area (Å²) in [5, 5.41) is 2.96. The summed E-state index contributed by atoms with van der Waals surface area (Å²) in [5.41, 5.74) is 0.596. The van der Waals surface area contributed by atoms with Gasteiger partial charge in [-0.15, -0.1) is 0 Å². The van der Waals surface area contributed by atoms with Gasteiger partial charge < -0.3 is 15.0 Å². The zero-order valence-electron chi connectivity index (χ0n) is 25.8. The first-order chi connectivity index (χ1) is 21.4. The third-order valence-electron chi connectivity index (χ3n) is 7.04. The van der Waals surface area contributed by atoms with Crippen LogP contribution < -0.4 is 14.4 Å². The van der Waals surface area contributed by atoms with E-state index in [0.717, 1.165) is 9.87 Å². The van der Waals surface area contributed by atoms with Crippen LogP contribution in [0.2, 0.25) is 0 Å². The molecule has 1 atom stereocenters. The largest absolute Gasteiger partial charge is 0.497 e. The summed E-state index contributed by atoms with van der Waals surface area (Å²) in [5.74, 6) is -1.19. The molecule has 0 spiro atoms. The molecule has 10 heteroatoms. The number of amides is 2. The smallest absolute Gasteiger partial charge is 0.264 e. The molecule has 236 valence electrons. The topological polar surface area (TPSA) is 96.0 Å². The summed E-state index contributed by atoms with van der Waals surface area (Å²) >= 11 is 0. The minimum Gasteiger partial charge on any atom is -0.497 e. The molecule has 0 aliphatic heterocycles. The van der Waals surface area contributed by atoms with Crippen LogP contribution in [0, 0.1) is 5.82 Å². The normalized spacial score (nSPS) is 12.2. The van der Waals surface area contributed by atoms with E-state index in [0.29, 0.717) is 5.75 Å². The second-order valence-corrected chi connectivity index (χ2v) is 13.4. The molecule has 8 nitrogen and oxygen atoms in total. The van der Waals surface area contributed by atoms with Crippen molar-refractivity contribution in [2.24, 2.45) is 0 Å². The van der Waals surface area contributed by atoms with Gasteiger partial charge in [0.25, 0.3) is 10.0 Å². The molecule has 0 aromatic heterocycles. The Labute approximate surface area is 264 Å². The molecule has 4 aromatic carbocycles. The number of para-hydroxylation sites is 1. The van der Waals surface area contributed by atoms with E-state index in [1.165, 1.54) is 48.4 Å². The summed E-state index contributed by atoms with van der Waals surface area (Å²) in [6, 6.07) is 28.2. The molecule has 1 N–H and O–H groups in total. The van der Waals surface area contributed by atoms with Crippen LogP contribution >= 0.6 is 0 Å². The van der Waals surface area contributed by atoms with Crippen LogP contribution in [0.5, 0.6) is 5.75 Å². The first kappa shape index (κ1) is 33.2. The summed E-state index contributed by atoms with van der Waals surface area (Å²) < 4.78 is 49.3. The number of halogens is 1. The molecule has 0 unspecified atom stereocenters. The van der Waals surface area contributed by atoms with Crippen LogP contribution in [0.15, 0.2) is 114 Å². The van der Waals surface area contributed by atoms with Crippen molar-refractivity contribution >= 4 is 27.5 Å². The number of carbonyl (C=O) groups excluding carboxylic acids is 2. The minimum atomic E-state index is -4.27. The van der Waals surface area contributed by atoms with Crippen molar-refractivity contribution in [3.8, 4) is 5.75 Å². The van der Waals surface area contributed by atoms with E-state index in [-0.39, 0.29) is 29.1 Å². The maximum Gasteiger partial charge on any atom is 0.264 e. The highest BCUT2D eigenvalue weighted by molar-refractivity contribution is 7.92. The zero-order chi connectivity index (χ0) is 32.6. The van der Waals surface area contributed by atoms with Gasteiger partial charge in [0, 0.05) is 24.1 Å². The van der Waals surface area contributed by atoms with E-state index in [1.807, 2.05) is 51.1 Å². The standard InChI is InChI=1S/C35H38FN3O5S/c1-35(2,3)37-34(41)32(23-26-13-7-5-8-14-26)38(24-27-15-11-12-18-31(27)36)33(40)25-39(28-16-9-6-10-17-28)45(42,43)30-21-19-29(44-4)20-22-30/h5-22,32H,23-25H2,1-4H3,(H,37,41)/t32-/m1/s1. The first-order valence-corrected chi connectivity index (χ1v) is 15.9. The van der Waals surface area contributed by atoms with Gasteiger partial charge >= 0.3 is 0 Å². The number of hydrogen-bond donors (Lipinski definition) is 1. The van der Waals surface area contributed by atoms with E-state index in [4.69, 9.17) is 4.74 Å². The van der Waals surface area contributed by atoms with Gasteiger partial charge in [-0.2, -0.15) is 0 Å². The van der Waals surface area contributed by atoms with Gasteiger partial charge in [0.2, 0.25) is 11.8 Å². The monoisotopic (exact) mass is 631 g/mol. The Morgan fingerprint density at radius 1 is 0.844 bits per heavy atom.